The van der Waals surface area contributed by atoms with Gasteiger partial charge in [-0.05, 0) is 45.2 Å². The van der Waals surface area contributed by atoms with E-state index < -0.39 is 9.84 Å². The zero-order chi connectivity index (χ0) is 13.3. The molecule has 0 aromatic carbocycles. The van der Waals surface area contributed by atoms with Crippen molar-refractivity contribution < 1.29 is 8.42 Å². The molecule has 0 saturated carbocycles. The molecule has 1 saturated heterocycles. The summed E-state index contributed by atoms with van der Waals surface area (Å²) in [7, 11) is -2.90. The van der Waals surface area contributed by atoms with Crippen LogP contribution in [0.15, 0.2) is 0 Å². The Morgan fingerprint density at radius 3 is 2.78 bits per heavy atom. The van der Waals surface area contributed by atoms with Crippen molar-refractivity contribution in [3.63, 3.8) is 0 Å². The molecule has 1 unspecified atom stereocenters. The van der Waals surface area contributed by atoms with E-state index in [4.69, 9.17) is 5.73 Å². The lowest BCUT2D eigenvalue weighted by Crippen LogP contribution is -2.28. The second-order valence-electron chi connectivity index (χ2n) is 5.04. The first kappa shape index (κ1) is 13.5. The van der Waals surface area contributed by atoms with Crippen LogP contribution in [0.25, 0.3) is 0 Å². The molecule has 1 aliphatic rings. The van der Waals surface area contributed by atoms with Crippen LogP contribution in [0.2, 0.25) is 0 Å². The quantitative estimate of drug-likeness (QED) is 0.880. The Morgan fingerprint density at radius 2 is 2.17 bits per heavy atom. The zero-order valence-corrected chi connectivity index (χ0v) is 11.8. The zero-order valence-electron chi connectivity index (χ0n) is 11.0. The van der Waals surface area contributed by atoms with Crippen LogP contribution in [0, 0.1) is 13.8 Å². The molecule has 0 amide bonds. The minimum absolute atomic E-state index is 0.00558. The third kappa shape index (κ3) is 2.59. The van der Waals surface area contributed by atoms with Gasteiger partial charge < -0.3 is 5.73 Å². The summed E-state index contributed by atoms with van der Waals surface area (Å²) in [5, 5.41) is 4.51. The SMILES string of the molecule is Cc1nn(C2CCCS(=O)(=O)C2)c(C)c1CCN. The maximum Gasteiger partial charge on any atom is 0.152 e. The highest BCUT2D eigenvalue weighted by molar-refractivity contribution is 7.91. The minimum Gasteiger partial charge on any atom is -0.330 e. The fourth-order valence-electron chi connectivity index (χ4n) is 2.75. The third-order valence-corrected chi connectivity index (χ3v) is 5.46. The number of rotatable bonds is 3. The number of nitrogens with two attached hydrogens (primary N) is 1. The molecule has 0 aliphatic carbocycles. The van der Waals surface area contributed by atoms with Gasteiger partial charge in [0.1, 0.15) is 0 Å². The highest BCUT2D eigenvalue weighted by Crippen LogP contribution is 2.26. The molecule has 1 aromatic heterocycles. The third-order valence-electron chi connectivity index (χ3n) is 3.65. The Morgan fingerprint density at radius 1 is 1.44 bits per heavy atom. The van der Waals surface area contributed by atoms with Gasteiger partial charge in [-0.1, -0.05) is 0 Å². The maximum atomic E-state index is 11.7. The van der Waals surface area contributed by atoms with Crippen molar-refractivity contribution >= 4 is 9.84 Å². The Kier molecular flexibility index (Phi) is 3.77. The van der Waals surface area contributed by atoms with E-state index in [0.717, 1.165) is 30.7 Å². The van der Waals surface area contributed by atoms with Crippen molar-refractivity contribution in [1.82, 2.24) is 9.78 Å². The van der Waals surface area contributed by atoms with Crippen LogP contribution in [0.5, 0.6) is 0 Å². The monoisotopic (exact) mass is 271 g/mol. The second kappa shape index (κ2) is 5.01. The molecule has 1 aliphatic heterocycles. The molecule has 102 valence electrons. The van der Waals surface area contributed by atoms with Gasteiger partial charge in [-0.3, -0.25) is 4.68 Å². The van der Waals surface area contributed by atoms with Gasteiger partial charge in [0.2, 0.25) is 0 Å². The van der Waals surface area contributed by atoms with Gasteiger partial charge >= 0.3 is 0 Å². The van der Waals surface area contributed by atoms with E-state index in [-0.39, 0.29) is 11.8 Å². The van der Waals surface area contributed by atoms with Crippen molar-refractivity contribution in [2.24, 2.45) is 5.73 Å². The van der Waals surface area contributed by atoms with Gasteiger partial charge in [-0.2, -0.15) is 5.10 Å². The molecule has 0 spiro atoms. The van der Waals surface area contributed by atoms with Crippen molar-refractivity contribution in [1.29, 1.82) is 0 Å². The van der Waals surface area contributed by atoms with Gasteiger partial charge in [0.15, 0.2) is 9.84 Å². The first-order valence-electron chi connectivity index (χ1n) is 6.39. The lowest BCUT2D eigenvalue weighted by Gasteiger charge is -2.23. The van der Waals surface area contributed by atoms with E-state index >= 15 is 0 Å². The lowest BCUT2D eigenvalue weighted by molar-refractivity contribution is 0.426. The number of hydrogen-bond acceptors (Lipinski definition) is 4. The normalized spacial score (nSPS) is 23.2. The molecule has 2 heterocycles. The number of hydrogen-bond donors (Lipinski definition) is 1. The summed E-state index contributed by atoms with van der Waals surface area (Å²) in [4.78, 5) is 0. The standard InChI is InChI=1S/C12H21N3O2S/c1-9-12(5-6-13)10(2)15(14-9)11-4-3-7-18(16,17)8-11/h11H,3-8,13H2,1-2H3. The molecule has 0 radical (unpaired) electrons. The van der Waals surface area contributed by atoms with Crippen molar-refractivity contribution in [2.45, 2.75) is 39.2 Å². The molecule has 5 nitrogen and oxygen atoms in total. The van der Waals surface area contributed by atoms with Crippen molar-refractivity contribution in [3.05, 3.63) is 17.0 Å². The van der Waals surface area contributed by atoms with Crippen LogP contribution in [0.3, 0.4) is 0 Å². The summed E-state index contributed by atoms with van der Waals surface area (Å²) in [5.74, 6) is 0.537. The lowest BCUT2D eigenvalue weighted by atomic mass is 10.1. The molecule has 1 atom stereocenters. The predicted octanol–water partition coefficient (Wildman–Crippen LogP) is 0.751. The Bertz CT molecular complexity index is 534. The number of aryl methyl sites for hydroxylation is 1. The van der Waals surface area contributed by atoms with Crippen LogP contribution in [-0.2, 0) is 16.3 Å². The summed E-state index contributed by atoms with van der Waals surface area (Å²) < 4.78 is 25.3. The van der Waals surface area contributed by atoms with Crippen molar-refractivity contribution in [3.8, 4) is 0 Å². The van der Waals surface area contributed by atoms with Crippen LogP contribution in [0.1, 0.15) is 35.8 Å². The highest BCUT2D eigenvalue weighted by atomic mass is 32.2. The smallest absolute Gasteiger partial charge is 0.152 e. The Balaban J connectivity index is 2.31. The van der Waals surface area contributed by atoms with Crippen molar-refractivity contribution in [2.75, 3.05) is 18.1 Å². The number of nitrogens with zero attached hydrogens (tertiary/aromatic N) is 2. The van der Waals surface area contributed by atoms with Crippen LogP contribution >= 0.6 is 0 Å². The first-order chi connectivity index (χ1) is 8.44. The largest absolute Gasteiger partial charge is 0.330 e. The van der Waals surface area contributed by atoms with Crippen LogP contribution in [0.4, 0.5) is 0 Å². The van der Waals surface area contributed by atoms with E-state index in [2.05, 4.69) is 5.10 Å². The highest BCUT2D eigenvalue weighted by Gasteiger charge is 2.28. The second-order valence-corrected chi connectivity index (χ2v) is 7.27. The summed E-state index contributed by atoms with van der Waals surface area (Å²) in [6.07, 6.45) is 2.43. The first-order valence-corrected chi connectivity index (χ1v) is 8.22. The van der Waals surface area contributed by atoms with E-state index in [0.29, 0.717) is 12.3 Å². The maximum absolute atomic E-state index is 11.7. The molecular formula is C12H21N3O2S. The Labute approximate surface area is 108 Å². The van der Waals surface area contributed by atoms with E-state index in [9.17, 15) is 8.42 Å². The topological polar surface area (TPSA) is 78.0 Å². The summed E-state index contributed by atoms with van der Waals surface area (Å²) in [5.41, 5.74) is 8.81. The number of sulfone groups is 1. The van der Waals surface area contributed by atoms with Gasteiger partial charge in [0.05, 0.1) is 23.2 Å². The average Bonchev–Trinajstić information content (AvgIpc) is 2.56. The molecule has 18 heavy (non-hydrogen) atoms. The van der Waals surface area contributed by atoms with E-state index in [1.165, 1.54) is 5.56 Å². The summed E-state index contributed by atoms with van der Waals surface area (Å²) >= 11 is 0. The average molecular weight is 271 g/mol. The summed E-state index contributed by atoms with van der Waals surface area (Å²) in [6.45, 7) is 4.56. The molecule has 2 N–H and O–H groups in total. The molecule has 0 bridgehead atoms. The molecule has 6 heteroatoms. The van der Waals surface area contributed by atoms with Gasteiger partial charge in [-0.15, -0.1) is 0 Å². The fraction of sp³-hybridized carbons (Fsp3) is 0.750. The molecule has 1 fully saturated rings. The van der Waals surface area contributed by atoms with E-state index in [1.807, 2.05) is 18.5 Å². The van der Waals surface area contributed by atoms with Crippen LogP contribution in [-0.4, -0.2) is 36.2 Å². The fourth-order valence-corrected chi connectivity index (χ4v) is 4.42. The summed E-state index contributed by atoms with van der Waals surface area (Å²) in [6, 6.07) is -0.00558. The molecular weight excluding hydrogens is 250 g/mol. The van der Waals surface area contributed by atoms with Gasteiger partial charge in [0, 0.05) is 5.69 Å². The van der Waals surface area contributed by atoms with Gasteiger partial charge in [-0.25, -0.2) is 8.42 Å². The van der Waals surface area contributed by atoms with Crippen LogP contribution < -0.4 is 5.73 Å². The predicted molar refractivity (Wildman–Crippen MR) is 71.4 cm³/mol. The number of aromatic nitrogens is 2. The van der Waals surface area contributed by atoms with E-state index in [1.54, 1.807) is 0 Å². The molecule has 1 aromatic rings. The Hall–Kier alpha value is -0.880. The minimum atomic E-state index is -2.90. The van der Waals surface area contributed by atoms with Gasteiger partial charge in [0.25, 0.3) is 0 Å². The molecule has 2 rings (SSSR count).